The van der Waals surface area contributed by atoms with E-state index in [0.29, 0.717) is 6.54 Å². The maximum Gasteiger partial charge on any atom is 0.220 e. The van der Waals surface area contributed by atoms with Crippen molar-refractivity contribution in [1.29, 1.82) is 0 Å². The average Bonchev–Trinajstić information content (AvgIpc) is 3.04. The highest BCUT2D eigenvalue weighted by molar-refractivity contribution is 7.94. The van der Waals surface area contributed by atoms with Crippen molar-refractivity contribution in [2.45, 2.75) is 32.1 Å². The third-order valence-electron chi connectivity index (χ3n) is 3.75. The van der Waals surface area contributed by atoms with Gasteiger partial charge in [0.2, 0.25) is 5.91 Å². The van der Waals surface area contributed by atoms with Crippen molar-refractivity contribution >= 4 is 27.1 Å². The van der Waals surface area contributed by atoms with Gasteiger partial charge in [-0.25, -0.2) is 13.4 Å². The van der Waals surface area contributed by atoms with Crippen molar-refractivity contribution in [3.05, 3.63) is 27.1 Å². The SMILES string of the molecule is O=C(C[C@@H]1C=CS(=O)(=O)C1)NCCc1nc2c(s1)CCC2. The average molecular weight is 326 g/mol. The van der Waals surface area contributed by atoms with E-state index in [4.69, 9.17) is 0 Å². The lowest BCUT2D eigenvalue weighted by molar-refractivity contribution is -0.121. The number of thiazole rings is 1. The zero-order chi connectivity index (χ0) is 14.9. The third-order valence-corrected chi connectivity index (χ3v) is 6.43. The third kappa shape index (κ3) is 3.71. The van der Waals surface area contributed by atoms with Gasteiger partial charge in [-0.05, 0) is 19.3 Å². The molecule has 0 aromatic carbocycles. The first-order valence-corrected chi connectivity index (χ1v) is 9.70. The van der Waals surface area contributed by atoms with Gasteiger partial charge in [0, 0.05) is 35.6 Å². The highest BCUT2D eigenvalue weighted by Gasteiger charge is 2.23. The zero-order valence-electron chi connectivity index (χ0n) is 11.7. The monoisotopic (exact) mass is 326 g/mol. The van der Waals surface area contributed by atoms with Crippen molar-refractivity contribution in [3.8, 4) is 0 Å². The van der Waals surface area contributed by atoms with Crippen molar-refractivity contribution in [2.75, 3.05) is 12.3 Å². The summed E-state index contributed by atoms with van der Waals surface area (Å²) in [7, 11) is -3.07. The highest BCUT2D eigenvalue weighted by Crippen LogP contribution is 2.27. The van der Waals surface area contributed by atoms with E-state index in [2.05, 4.69) is 10.3 Å². The number of nitrogens with one attached hydrogen (secondary N) is 1. The second-order valence-electron chi connectivity index (χ2n) is 5.55. The molecule has 1 amide bonds. The Morgan fingerprint density at radius 2 is 2.29 bits per heavy atom. The van der Waals surface area contributed by atoms with Crippen LogP contribution in [0.2, 0.25) is 0 Å². The summed E-state index contributed by atoms with van der Waals surface area (Å²) in [4.78, 5) is 17.8. The van der Waals surface area contributed by atoms with E-state index >= 15 is 0 Å². The summed E-state index contributed by atoms with van der Waals surface area (Å²) in [6, 6.07) is 0. The van der Waals surface area contributed by atoms with Gasteiger partial charge in [0.1, 0.15) is 0 Å². The summed E-state index contributed by atoms with van der Waals surface area (Å²) < 4.78 is 22.5. The van der Waals surface area contributed by atoms with E-state index in [0.717, 1.165) is 24.3 Å². The first kappa shape index (κ1) is 14.7. The minimum atomic E-state index is -3.07. The lowest BCUT2D eigenvalue weighted by Gasteiger charge is -2.07. The fourth-order valence-electron chi connectivity index (χ4n) is 2.74. The second kappa shape index (κ2) is 5.88. The van der Waals surface area contributed by atoms with Gasteiger partial charge in [-0.3, -0.25) is 4.79 Å². The van der Waals surface area contributed by atoms with Gasteiger partial charge in [0.05, 0.1) is 16.5 Å². The van der Waals surface area contributed by atoms with E-state index in [1.807, 2.05) is 0 Å². The molecule has 1 aromatic heterocycles. The summed E-state index contributed by atoms with van der Waals surface area (Å²) in [5.41, 5.74) is 1.24. The number of aryl methyl sites for hydroxylation is 2. The molecule has 2 heterocycles. The molecular formula is C14H18N2O3S2. The minimum Gasteiger partial charge on any atom is -0.356 e. The van der Waals surface area contributed by atoms with Crippen LogP contribution in [0, 0.1) is 5.92 Å². The molecule has 1 aromatic rings. The molecule has 5 nitrogen and oxygen atoms in total. The van der Waals surface area contributed by atoms with Crippen LogP contribution in [0.15, 0.2) is 11.5 Å². The Morgan fingerprint density at radius 1 is 1.43 bits per heavy atom. The van der Waals surface area contributed by atoms with Crippen LogP contribution in [0.5, 0.6) is 0 Å². The normalized spacial score (nSPS) is 22.4. The summed E-state index contributed by atoms with van der Waals surface area (Å²) in [6.45, 7) is 0.564. The number of fused-ring (bicyclic) bond motifs is 1. The number of rotatable bonds is 5. The van der Waals surface area contributed by atoms with E-state index < -0.39 is 9.84 Å². The van der Waals surface area contributed by atoms with Crippen molar-refractivity contribution in [2.24, 2.45) is 5.92 Å². The molecule has 0 saturated carbocycles. The van der Waals surface area contributed by atoms with Gasteiger partial charge in [-0.2, -0.15) is 0 Å². The van der Waals surface area contributed by atoms with Crippen LogP contribution in [0.25, 0.3) is 0 Å². The number of carbonyl (C=O) groups excluding carboxylic acids is 1. The number of allylic oxidation sites excluding steroid dienone is 1. The minimum absolute atomic E-state index is 0.0552. The molecular weight excluding hydrogens is 308 g/mol. The van der Waals surface area contributed by atoms with E-state index in [9.17, 15) is 13.2 Å². The molecule has 1 aliphatic heterocycles. The maximum atomic E-state index is 11.8. The topological polar surface area (TPSA) is 76.1 Å². The van der Waals surface area contributed by atoms with Crippen molar-refractivity contribution in [1.82, 2.24) is 10.3 Å². The number of amides is 1. The number of nitrogens with zero attached hydrogens (tertiary/aromatic N) is 1. The Kier molecular flexibility index (Phi) is 4.12. The van der Waals surface area contributed by atoms with Crippen LogP contribution >= 0.6 is 11.3 Å². The standard InChI is InChI=1S/C14H18N2O3S2/c17-13(8-10-5-7-21(18,19)9-10)15-6-4-14-16-11-2-1-3-12(11)20-14/h5,7,10H,1-4,6,8-9H2,(H,15,17)/t10-/m0/s1. The number of sulfone groups is 1. The Hall–Kier alpha value is -1.21. The number of carbonyl (C=O) groups is 1. The largest absolute Gasteiger partial charge is 0.356 e. The Morgan fingerprint density at radius 3 is 3.00 bits per heavy atom. The molecule has 0 bridgehead atoms. The molecule has 1 atom stereocenters. The van der Waals surface area contributed by atoms with Crippen LogP contribution in [0.3, 0.4) is 0 Å². The first-order valence-electron chi connectivity index (χ1n) is 7.17. The number of hydrogen-bond acceptors (Lipinski definition) is 5. The molecule has 114 valence electrons. The van der Waals surface area contributed by atoms with Gasteiger partial charge in [-0.1, -0.05) is 6.08 Å². The molecule has 0 saturated heterocycles. The van der Waals surface area contributed by atoms with Crippen LogP contribution < -0.4 is 5.32 Å². The van der Waals surface area contributed by atoms with Crippen LogP contribution in [0.1, 0.15) is 28.4 Å². The molecule has 3 rings (SSSR count). The Labute approximate surface area is 128 Å². The number of hydrogen-bond donors (Lipinski definition) is 1. The number of aromatic nitrogens is 1. The molecule has 21 heavy (non-hydrogen) atoms. The summed E-state index contributed by atoms with van der Waals surface area (Å²) in [5, 5.41) is 5.15. The van der Waals surface area contributed by atoms with Gasteiger partial charge in [0.25, 0.3) is 0 Å². The van der Waals surface area contributed by atoms with Gasteiger partial charge in [-0.15, -0.1) is 11.3 Å². The van der Waals surface area contributed by atoms with E-state index in [1.54, 1.807) is 17.4 Å². The molecule has 0 radical (unpaired) electrons. The summed E-state index contributed by atoms with van der Waals surface area (Å²) >= 11 is 1.75. The quantitative estimate of drug-likeness (QED) is 0.883. The van der Waals surface area contributed by atoms with Crippen LogP contribution in [0.4, 0.5) is 0 Å². The molecule has 0 unspecified atom stereocenters. The predicted molar refractivity (Wildman–Crippen MR) is 81.9 cm³/mol. The summed E-state index contributed by atoms with van der Waals surface area (Å²) in [6.07, 6.45) is 6.04. The molecule has 1 aliphatic carbocycles. The Bertz CT molecular complexity index is 655. The lowest BCUT2D eigenvalue weighted by Crippen LogP contribution is -2.27. The molecule has 0 fully saturated rings. The fraction of sp³-hybridized carbons (Fsp3) is 0.571. The lowest BCUT2D eigenvalue weighted by atomic mass is 10.1. The maximum absolute atomic E-state index is 11.8. The van der Waals surface area contributed by atoms with Crippen LogP contribution in [-0.2, 0) is 33.9 Å². The zero-order valence-corrected chi connectivity index (χ0v) is 13.3. The van der Waals surface area contributed by atoms with Gasteiger partial charge in [0.15, 0.2) is 9.84 Å². The van der Waals surface area contributed by atoms with Gasteiger partial charge < -0.3 is 5.32 Å². The van der Waals surface area contributed by atoms with Gasteiger partial charge >= 0.3 is 0 Å². The van der Waals surface area contributed by atoms with Crippen molar-refractivity contribution in [3.63, 3.8) is 0 Å². The van der Waals surface area contributed by atoms with Crippen molar-refractivity contribution < 1.29 is 13.2 Å². The Balaban J connectivity index is 1.41. The second-order valence-corrected chi connectivity index (χ2v) is 8.65. The predicted octanol–water partition coefficient (Wildman–Crippen LogP) is 1.24. The van der Waals surface area contributed by atoms with E-state index in [1.165, 1.54) is 22.4 Å². The molecule has 0 spiro atoms. The first-order chi connectivity index (χ1) is 10.0. The molecule has 7 heteroatoms. The summed E-state index contributed by atoms with van der Waals surface area (Å²) in [5.74, 6) is -0.218. The molecule has 2 aliphatic rings. The fourth-order valence-corrected chi connectivity index (χ4v) is 5.29. The van der Waals surface area contributed by atoms with Crippen LogP contribution in [-0.4, -0.2) is 31.6 Å². The smallest absolute Gasteiger partial charge is 0.220 e. The highest BCUT2D eigenvalue weighted by atomic mass is 32.2. The van der Waals surface area contributed by atoms with E-state index in [-0.39, 0.29) is 24.0 Å². The molecule has 1 N–H and O–H groups in total.